The highest BCUT2D eigenvalue weighted by atomic mass is 16.2. The Morgan fingerprint density at radius 3 is 2.67 bits per heavy atom. The maximum atomic E-state index is 12.8. The van der Waals surface area contributed by atoms with E-state index in [0.29, 0.717) is 31.0 Å². The molecular formula is C19H21N7O. The smallest absolute Gasteiger partial charge is 0.274 e. The SMILES string of the molecule is Cc1cc(C(=O)N2CCc3c(nc(-c4ccncc4)nc3N(C)C)C2)n[nH]1. The normalized spacial score (nSPS) is 13.4. The van der Waals surface area contributed by atoms with Crippen molar-refractivity contribution in [3.05, 3.63) is 53.2 Å². The highest BCUT2D eigenvalue weighted by Gasteiger charge is 2.27. The molecule has 3 aromatic heterocycles. The Morgan fingerprint density at radius 2 is 2.00 bits per heavy atom. The molecule has 0 aliphatic carbocycles. The summed E-state index contributed by atoms with van der Waals surface area (Å²) in [5, 5.41) is 6.92. The van der Waals surface area contributed by atoms with Gasteiger partial charge in [-0.1, -0.05) is 0 Å². The Morgan fingerprint density at radius 1 is 1.22 bits per heavy atom. The van der Waals surface area contributed by atoms with Crippen LogP contribution < -0.4 is 4.90 Å². The fraction of sp³-hybridized carbons (Fsp3) is 0.316. The second-order valence-electron chi connectivity index (χ2n) is 6.84. The molecule has 0 radical (unpaired) electrons. The average Bonchev–Trinajstić information content (AvgIpc) is 3.13. The Hall–Kier alpha value is -3.29. The largest absolute Gasteiger partial charge is 0.362 e. The summed E-state index contributed by atoms with van der Waals surface area (Å²) in [7, 11) is 3.95. The summed E-state index contributed by atoms with van der Waals surface area (Å²) >= 11 is 0. The van der Waals surface area contributed by atoms with Crippen LogP contribution in [0.15, 0.2) is 30.6 Å². The van der Waals surface area contributed by atoms with Gasteiger partial charge in [0.25, 0.3) is 5.91 Å². The van der Waals surface area contributed by atoms with Gasteiger partial charge in [0.05, 0.1) is 12.2 Å². The molecule has 27 heavy (non-hydrogen) atoms. The number of amides is 1. The van der Waals surface area contributed by atoms with Crippen LogP contribution in [0.2, 0.25) is 0 Å². The number of nitrogens with zero attached hydrogens (tertiary/aromatic N) is 6. The van der Waals surface area contributed by atoms with Crippen LogP contribution >= 0.6 is 0 Å². The Bertz CT molecular complexity index is 981. The van der Waals surface area contributed by atoms with Crippen molar-refractivity contribution in [2.45, 2.75) is 19.9 Å². The van der Waals surface area contributed by atoms with E-state index in [0.717, 1.165) is 28.3 Å². The number of aryl methyl sites for hydroxylation is 1. The van der Waals surface area contributed by atoms with Crippen molar-refractivity contribution in [2.75, 3.05) is 25.5 Å². The van der Waals surface area contributed by atoms with Gasteiger partial charge in [0.15, 0.2) is 5.82 Å². The summed E-state index contributed by atoms with van der Waals surface area (Å²) < 4.78 is 0. The zero-order valence-corrected chi connectivity index (χ0v) is 15.6. The summed E-state index contributed by atoms with van der Waals surface area (Å²) in [6, 6.07) is 5.55. The van der Waals surface area contributed by atoms with Crippen LogP contribution in [-0.2, 0) is 13.0 Å². The van der Waals surface area contributed by atoms with Gasteiger partial charge in [0.2, 0.25) is 0 Å². The zero-order chi connectivity index (χ0) is 19.0. The van der Waals surface area contributed by atoms with Gasteiger partial charge in [-0.25, -0.2) is 9.97 Å². The standard InChI is InChI=1S/C19H21N7O/c1-12-10-15(24-23-12)19(27)26-9-6-14-16(11-26)21-17(22-18(14)25(2)3)13-4-7-20-8-5-13/h4-5,7-8,10H,6,9,11H2,1-3H3,(H,23,24). The number of anilines is 1. The number of pyridine rings is 1. The molecule has 0 aromatic carbocycles. The molecule has 0 bridgehead atoms. The molecule has 0 saturated carbocycles. The number of H-pyrrole nitrogens is 1. The Labute approximate surface area is 157 Å². The van der Waals surface area contributed by atoms with E-state index >= 15 is 0 Å². The van der Waals surface area contributed by atoms with E-state index in [1.807, 2.05) is 38.1 Å². The van der Waals surface area contributed by atoms with Crippen LogP contribution in [0, 0.1) is 6.92 Å². The first-order valence-electron chi connectivity index (χ1n) is 8.81. The molecule has 1 aliphatic heterocycles. The molecule has 1 N–H and O–H groups in total. The molecule has 4 heterocycles. The van der Waals surface area contributed by atoms with E-state index < -0.39 is 0 Å². The van der Waals surface area contributed by atoms with Crippen LogP contribution in [-0.4, -0.2) is 56.6 Å². The van der Waals surface area contributed by atoms with Crippen molar-refractivity contribution in [3.63, 3.8) is 0 Å². The monoisotopic (exact) mass is 363 g/mol. The van der Waals surface area contributed by atoms with Crippen LogP contribution in [0.1, 0.15) is 27.4 Å². The maximum Gasteiger partial charge on any atom is 0.274 e. The van der Waals surface area contributed by atoms with E-state index in [-0.39, 0.29) is 5.91 Å². The summed E-state index contributed by atoms with van der Waals surface area (Å²) in [5.74, 6) is 1.46. The number of carbonyl (C=O) groups excluding carboxylic acids is 1. The lowest BCUT2D eigenvalue weighted by molar-refractivity contribution is 0.0726. The molecular weight excluding hydrogens is 342 g/mol. The number of fused-ring (bicyclic) bond motifs is 1. The fourth-order valence-corrected chi connectivity index (χ4v) is 3.27. The third-order valence-corrected chi connectivity index (χ3v) is 4.62. The fourth-order valence-electron chi connectivity index (χ4n) is 3.27. The van der Waals surface area contributed by atoms with Gasteiger partial charge in [-0.15, -0.1) is 0 Å². The van der Waals surface area contributed by atoms with Crippen LogP contribution in [0.3, 0.4) is 0 Å². The first kappa shape index (κ1) is 17.1. The lowest BCUT2D eigenvalue weighted by atomic mass is 10.0. The van der Waals surface area contributed by atoms with Crippen molar-refractivity contribution in [2.24, 2.45) is 0 Å². The van der Waals surface area contributed by atoms with Crippen LogP contribution in [0.4, 0.5) is 5.82 Å². The molecule has 8 heteroatoms. The number of rotatable bonds is 3. The summed E-state index contributed by atoms with van der Waals surface area (Å²) in [6.07, 6.45) is 4.17. The minimum atomic E-state index is -0.0829. The highest BCUT2D eigenvalue weighted by molar-refractivity contribution is 5.92. The highest BCUT2D eigenvalue weighted by Crippen LogP contribution is 2.28. The van der Waals surface area contributed by atoms with Crippen molar-refractivity contribution in [1.82, 2.24) is 30.0 Å². The van der Waals surface area contributed by atoms with Crippen molar-refractivity contribution >= 4 is 11.7 Å². The summed E-state index contributed by atoms with van der Waals surface area (Å²) in [6.45, 7) is 2.95. The Balaban J connectivity index is 1.71. The van der Waals surface area contributed by atoms with E-state index in [1.165, 1.54) is 0 Å². The molecule has 0 saturated heterocycles. The lowest BCUT2D eigenvalue weighted by Gasteiger charge is -2.30. The number of aromatic amines is 1. The molecule has 138 valence electrons. The lowest BCUT2D eigenvalue weighted by Crippen LogP contribution is -2.37. The molecule has 3 aromatic rings. The number of nitrogens with one attached hydrogen (secondary N) is 1. The van der Waals surface area contributed by atoms with Crippen LogP contribution in [0.5, 0.6) is 0 Å². The minimum absolute atomic E-state index is 0.0829. The molecule has 0 spiro atoms. The third kappa shape index (κ3) is 3.25. The molecule has 0 fully saturated rings. The first-order valence-corrected chi connectivity index (χ1v) is 8.81. The number of aromatic nitrogens is 5. The minimum Gasteiger partial charge on any atom is -0.362 e. The summed E-state index contributed by atoms with van der Waals surface area (Å²) in [4.78, 5) is 30.2. The molecule has 1 aliphatic rings. The second kappa shape index (κ2) is 6.79. The zero-order valence-electron chi connectivity index (χ0n) is 15.6. The van der Waals surface area contributed by atoms with E-state index in [2.05, 4.69) is 15.2 Å². The molecule has 1 amide bonds. The number of hydrogen-bond acceptors (Lipinski definition) is 6. The van der Waals surface area contributed by atoms with Gasteiger partial charge in [0, 0.05) is 49.9 Å². The van der Waals surface area contributed by atoms with Crippen LogP contribution in [0.25, 0.3) is 11.4 Å². The maximum absolute atomic E-state index is 12.8. The van der Waals surface area contributed by atoms with E-state index in [1.54, 1.807) is 23.4 Å². The molecule has 0 unspecified atom stereocenters. The topological polar surface area (TPSA) is 90.9 Å². The molecule has 0 atom stereocenters. The van der Waals surface area contributed by atoms with E-state index in [4.69, 9.17) is 9.97 Å². The second-order valence-corrected chi connectivity index (χ2v) is 6.84. The van der Waals surface area contributed by atoms with E-state index in [9.17, 15) is 4.79 Å². The molecule has 8 nitrogen and oxygen atoms in total. The first-order chi connectivity index (χ1) is 13.0. The number of hydrogen-bond donors (Lipinski definition) is 1. The quantitative estimate of drug-likeness (QED) is 0.763. The predicted molar refractivity (Wildman–Crippen MR) is 101 cm³/mol. The van der Waals surface area contributed by atoms with Gasteiger partial charge in [-0.2, -0.15) is 5.10 Å². The average molecular weight is 363 g/mol. The Kier molecular flexibility index (Phi) is 4.31. The summed E-state index contributed by atoms with van der Waals surface area (Å²) in [5.41, 5.74) is 4.19. The van der Waals surface area contributed by atoms with Crippen molar-refractivity contribution in [1.29, 1.82) is 0 Å². The predicted octanol–water partition coefficient (Wildman–Crippen LogP) is 1.83. The number of carbonyl (C=O) groups is 1. The van der Waals surface area contributed by atoms with Gasteiger partial charge < -0.3 is 9.80 Å². The van der Waals surface area contributed by atoms with Gasteiger partial charge in [-0.05, 0) is 31.5 Å². The van der Waals surface area contributed by atoms with Gasteiger partial charge >= 0.3 is 0 Å². The molecule has 4 rings (SSSR count). The van der Waals surface area contributed by atoms with Gasteiger partial charge in [-0.3, -0.25) is 14.9 Å². The third-order valence-electron chi connectivity index (χ3n) is 4.62. The van der Waals surface area contributed by atoms with Gasteiger partial charge in [0.1, 0.15) is 11.5 Å². The van der Waals surface area contributed by atoms with Crippen molar-refractivity contribution < 1.29 is 4.79 Å². The van der Waals surface area contributed by atoms with Crippen molar-refractivity contribution in [3.8, 4) is 11.4 Å².